The highest BCUT2D eigenvalue weighted by molar-refractivity contribution is 6.06. The molecule has 0 radical (unpaired) electrons. The van der Waals surface area contributed by atoms with Gasteiger partial charge in [-0.2, -0.15) is 0 Å². The molecule has 0 atom stereocenters. The fourth-order valence-corrected chi connectivity index (χ4v) is 3.14. The summed E-state index contributed by atoms with van der Waals surface area (Å²) in [6, 6.07) is 16.1. The Morgan fingerprint density at radius 1 is 1.00 bits per heavy atom. The quantitative estimate of drug-likeness (QED) is 0.687. The first-order valence-electron chi connectivity index (χ1n) is 7.52. The standard InChI is InChI=1S/C19H16N2O/c22-19(17-7-3-6-15-8-10-20-12-18(15)17)21-11-9-14-4-1-2-5-16(14)13-21/h1-8,10,12H,9,11,13H2. The van der Waals surface area contributed by atoms with E-state index < -0.39 is 0 Å². The average Bonchev–Trinajstić information content (AvgIpc) is 2.60. The van der Waals surface area contributed by atoms with Crippen molar-refractivity contribution in [3.8, 4) is 0 Å². The molecule has 3 nitrogen and oxygen atoms in total. The second-order valence-corrected chi connectivity index (χ2v) is 5.65. The number of benzene rings is 2. The van der Waals surface area contributed by atoms with Gasteiger partial charge >= 0.3 is 0 Å². The normalized spacial score (nSPS) is 13.9. The van der Waals surface area contributed by atoms with E-state index in [9.17, 15) is 4.79 Å². The van der Waals surface area contributed by atoms with Gasteiger partial charge in [0.2, 0.25) is 0 Å². The zero-order valence-electron chi connectivity index (χ0n) is 12.2. The lowest BCUT2D eigenvalue weighted by atomic mass is 9.98. The van der Waals surface area contributed by atoms with Crippen molar-refractivity contribution < 1.29 is 4.79 Å². The van der Waals surface area contributed by atoms with Crippen LogP contribution in [0, 0.1) is 0 Å². The number of pyridine rings is 1. The van der Waals surface area contributed by atoms with Gasteiger partial charge in [-0.15, -0.1) is 0 Å². The summed E-state index contributed by atoms with van der Waals surface area (Å²) in [5.74, 6) is 0.0908. The van der Waals surface area contributed by atoms with Crippen LogP contribution in [-0.2, 0) is 13.0 Å². The van der Waals surface area contributed by atoms with Gasteiger partial charge in [0.15, 0.2) is 0 Å². The summed E-state index contributed by atoms with van der Waals surface area (Å²) in [7, 11) is 0. The zero-order chi connectivity index (χ0) is 14.9. The van der Waals surface area contributed by atoms with Gasteiger partial charge in [0.05, 0.1) is 0 Å². The Bertz CT molecular complexity index is 851. The summed E-state index contributed by atoms with van der Waals surface area (Å²) in [6.07, 6.45) is 4.46. The molecule has 0 N–H and O–H groups in total. The molecule has 2 aromatic carbocycles. The molecule has 0 saturated heterocycles. The number of rotatable bonds is 1. The van der Waals surface area contributed by atoms with Crippen LogP contribution in [0.25, 0.3) is 10.8 Å². The Kier molecular flexibility index (Phi) is 3.11. The third-order valence-electron chi connectivity index (χ3n) is 4.33. The highest BCUT2D eigenvalue weighted by Gasteiger charge is 2.22. The molecule has 0 bridgehead atoms. The third kappa shape index (κ3) is 2.15. The van der Waals surface area contributed by atoms with Crippen LogP contribution >= 0.6 is 0 Å². The van der Waals surface area contributed by atoms with Crippen molar-refractivity contribution in [1.29, 1.82) is 0 Å². The number of fused-ring (bicyclic) bond motifs is 2. The smallest absolute Gasteiger partial charge is 0.254 e. The molecule has 1 aliphatic heterocycles. The van der Waals surface area contributed by atoms with Gasteiger partial charge in [-0.25, -0.2) is 0 Å². The van der Waals surface area contributed by atoms with Crippen LogP contribution in [-0.4, -0.2) is 22.3 Å². The predicted molar refractivity (Wildman–Crippen MR) is 86.6 cm³/mol. The average molecular weight is 288 g/mol. The molecular formula is C19H16N2O. The predicted octanol–water partition coefficient (Wildman–Crippen LogP) is 3.43. The van der Waals surface area contributed by atoms with Crippen LogP contribution in [0.4, 0.5) is 0 Å². The third-order valence-corrected chi connectivity index (χ3v) is 4.33. The zero-order valence-corrected chi connectivity index (χ0v) is 12.2. The Morgan fingerprint density at radius 3 is 2.77 bits per heavy atom. The highest BCUT2D eigenvalue weighted by atomic mass is 16.2. The lowest BCUT2D eigenvalue weighted by molar-refractivity contribution is 0.0736. The van der Waals surface area contributed by atoms with Crippen molar-refractivity contribution in [2.75, 3.05) is 6.54 Å². The minimum atomic E-state index is 0.0908. The summed E-state index contributed by atoms with van der Waals surface area (Å²) in [6.45, 7) is 1.46. The lowest BCUT2D eigenvalue weighted by Gasteiger charge is -2.29. The molecule has 1 aliphatic rings. The fraction of sp³-hybridized carbons (Fsp3) is 0.158. The number of carbonyl (C=O) groups is 1. The Morgan fingerprint density at radius 2 is 1.86 bits per heavy atom. The van der Waals surface area contributed by atoms with Crippen molar-refractivity contribution in [2.45, 2.75) is 13.0 Å². The van der Waals surface area contributed by atoms with Crippen LogP contribution in [0.3, 0.4) is 0 Å². The van der Waals surface area contributed by atoms with Gasteiger partial charge in [0.25, 0.3) is 5.91 Å². The van der Waals surface area contributed by atoms with E-state index in [0.29, 0.717) is 6.54 Å². The molecule has 0 saturated carbocycles. The number of aromatic nitrogens is 1. The van der Waals surface area contributed by atoms with E-state index in [-0.39, 0.29) is 5.91 Å². The molecule has 1 amide bonds. The van der Waals surface area contributed by atoms with E-state index >= 15 is 0 Å². The number of amides is 1. The van der Waals surface area contributed by atoms with Gasteiger partial charge in [0.1, 0.15) is 0 Å². The second kappa shape index (κ2) is 5.26. The van der Waals surface area contributed by atoms with E-state index in [0.717, 1.165) is 29.3 Å². The molecule has 3 aromatic rings. The van der Waals surface area contributed by atoms with Crippen LogP contribution in [0.2, 0.25) is 0 Å². The largest absolute Gasteiger partial charge is 0.334 e. The lowest BCUT2D eigenvalue weighted by Crippen LogP contribution is -2.36. The Balaban J connectivity index is 1.70. The molecule has 0 fully saturated rings. The molecule has 1 aromatic heterocycles. The van der Waals surface area contributed by atoms with Gasteiger partial charge < -0.3 is 4.90 Å². The number of hydrogen-bond acceptors (Lipinski definition) is 2. The molecule has 0 aliphatic carbocycles. The molecule has 2 heterocycles. The Hall–Kier alpha value is -2.68. The molecule has 108 valence electrons. The monoisotopic (exact) mass is 288 g/mol. The van der Waals surface area contributed by atoms with Gasteiger partial charge in [-0.3, -0.25) is 9.78 Å². The topological polar surface area (TPSA) is 33.2 Å². The van der Waals surface area contributed by atoms with Crippen molar-refractivity contribution in [2.24, 2.45) is 0 Å². The Labute approximate surface area is 129 Å². The van der Waals surface area contributed by atoms with Gasteiger partial charge in [-0.05, 0) is 35.1 Å². The van der Waals surface area contributed by atoms with E-state index in [1.54, 1.807) is 12.4 Å². The summed E-state index contributed by atoms with van der Waals surface area (Å²) in [4.78, 5) is 19.0. The maximum absolute atomic E-state index is 12.9. The van der Waals surface area contributed by atoms with Crippen molar-refractivity contribution in [3.05, 3.63) is 77.6 Å². The number of hydrogen-bond donors (Lipinski definition) is 0. The minimum absolute atomic E-state index is 0.0908. The first kappa shape index (κ1) is 13.0. The maximum atomic E-state index is 12.9. The maximum Gasteiger partial charge on any atom is 0.254 e. The van der Waals surface area contributed by atoms with Crippen LogP contribution in [0.5, 0.6) is 0 Å². The summed E-state index contributed by atoms with van der Waals surface area (Å²) in [5.41, 5.74) is 3.34. The number of nitrogens with zero attached hydrogens (tertiary/aromatic N) is 2. The van der Waals surface area contributed by atoms with E-state index in [1.165, 1.54) is 11.1 Å². The van der Waals surface area contributed by atoms with Crippen LogP contribution < -0.4 is 0 Å². The molecule has 22 heavy (non-hydrogen) atoms. The molecule has 0 spiro atoms. The minimum Gasteiger partial charge on any atom is -0.334 e. The van der Waals surface area contributed by atoms with E-state index in [4.69, 9.17) is 0 Å². The van der Waals surface area contributed by atoms with Crippen LogP contribution in [0.1, 0.15) is 21.5 Å². The van der Waals surface area contributed by atoms with Crippen LogP contribution in [0.15, 0.2) is 60.9 Å². The fourth-order valence-electron chi connectivity index (χ4n) is 3.14. The SMILES string of the molecule is O=C(c1cccc2ccncc12)N1CCc2ccccc2C1. The van der Waals surface area contributed by atoms with Crippen molar-refractivity contribution in [1.82, 2.24) is 9.88 Å². The molecule has 3 heteroatoms. The molecule has 4 rings (SSSR count). The number of carbonyl (C=O) groups excluding carboxylic acids is 1. The summed E-state index contributed by atoms with van der Waals surface area (Å²) in [5, 5.41) is 1.98. The van der Waals surface area contributed by atoms with Crippen molar-refractivity contribution >= 4 is 16.7 Å². The highest BCUT2D eigenvalue weighted by Crippen LogP contribution is 2.23. The van der Waals surface area contributed by atoms with E-state index in [2.05, 4.69) is 23.2 Å². The van der Waals surface area contributed by atoms with Crippen molar-refractivity contribution in [3.63, 3.8) is 0 Å². The van der Waals surface area contributed by atoms with Gasteiger partial charge in [-0.1, -0.05) is 36.4 Å². The second-order valence-electron chi connectivity index (χ2n) is 5.65. The summed E-state index contributed by atoms with van der Waals surface area (Å²) < 4.78 is 0. The molecular weight excluding hydrogens is 272 g/mol. The van der Waals surface area contributed by atoms with Gasteiger partial charge in [0, 0.05) is 36.4 Å². The first-order chi connectivity index (χ1) is 10.8. The van der Waals surface area contributed by atoms with E-state index in [1.807, 2.05) is 35.2 Å². The summed E-state index contributed by atoms with van der Waals surface area (Å²) >= 11 is 0. The molecule has 0 unspecified atom stereocenters. The first-order valence-corrected chi connectivity index (χ1v) is 7.52.